The number of hydrogen-bond donors (Lipinski definition) is 1. The van der Waals surface area contributed by atoms with E-state index in [1.807, 2.05) is 6.07 Å². The number of nitrogens with zero attached hydrogens (tertiary/aromatic N) is 1. The summed E-state index contributed by atoms with van der Waals surface area (Å²) in [5.74, 6) is 1.20. The van der Waals surface area contributed by atoms with Crippen LogP contribution in [0.25, 0.3) is 0 Å². The van der Waals surface area contributed by atoms with E-state index in [0.717, 1.165) is 25.3 Å². The number of amides is 1. The molecule has 3 nitrogen and oxygen atoms in total. The maximum atomic E-state index is 12.7. The number of carbonyl (C=O) groups is 1. The lowest BCUT2D eigenvalue weighted by Crippen LogP contribution is -2.34. The van der Waals surface area contributed by atoms with Gasteiger partial charge in [0, 0.05) is 6.54 Å². The Bertz CT molecular complexity index is 505. The van der Waals surface area contributed by atoms with Gasteiger partial charge in [0.15, 0.2) is 0 Å². The predicted octanol–water partition coefficient (Wildman–Crippen LogP) is 2.84. The Hall–Kier alpha value is -1.35. The highest BCUT2D eigenvalue weighted by Crippen LogP contribution is 2.46. The molecule has 1 saturated heterocycles. The van der Waals surface area contributed by atoms with Crippen molar-refractivity contribution in [3.63, 3.8) is 0 Å². The lowest BCUT2D eigenvalue weighted by molar-refractivity contribution is -0.131. The Kier molecular flexibility index (Phi) is 2.84. The zero-order chi connectivity index (χ0) is 13.6. The number of carbonyl (C=O) groups excluding carboxylic acids is 1. The number of benzene rings is 1. The van der Waals surface area contributed by atoms with Gasteiger partial charge < -0.3 is 4.90 Å². The lowest BCUT2D eigenvalue weighted by Gasteiger charge is -2.30. The molecule has 1 unspecified atom stereocenters. The van der Waals surface area contributed by atoms with Crippen molar-refractivity contribution in [1.82, 2.24) is 10.2 Å². The van der Waals surface area contributed by atoms with Gasteiger partial charge in [-0.3, -0.25) is 10.1 Å². The molecule has 1 aromatic rings. The molecule has 3 aliphatic rings. The topological polar surface area (TPSA) is 32.3 Å². The number of nitrogens with one attached hydrogen (secondary N) is 1. The Balaban J connectivity index is 1.53. The van der Waals surface area contributed by atoms with Crippen LogP contribution in [-0.2, 0) is 4.79 Å². The van der Waals surface area contributed by atoms with Crippen LogP contribution in [0.3, 0.4) is 0 Å². The molecule has 4 rings (SSSR count). The van der Waals surface area contributed by atoms with E-state index in [1.165, 1.54) is 31.2 Å². The van der Waals surface area contributed by atoms with Crippen molar-refractivity contribution in [3.8, 4) is 0 Å². The van der Waals surface area contributed by atoms with Crippen LogP contribution < -0.4 is 5.32 Å². The van der Waals surface area contributed by atoms with Crippen molar-refractivity contribution in [2.45, 2.75) is 50.2 Å². The average Bonchev–Trinajstić information content (AvgIpc) is 3.15. The van der Waals surface area contributed by atoms with Crippen molar-refractivity contribution in [2.24, 2.45) is 5.92 Å². The fraction of sp³-hybridized carbons (Fsp3) is 0.588. The van der Waals surface area contributed by atoms with Crippen molar-refractivity contribution in [3.05, 3.63) is 35.9 Å². The quantitative estimate of drug-likeness (QED) is 0.912. The van der Waals surface area contributed by atoms with Gasteiger partial charge >= 0.3 is 0 Å². The van der Waals surface area contributed by atoms with E-state index in [9.17, 15) is 4.79 Å². The fourth-order valence-electron chi connectivity index (χ4n) is 3.51. The van der Waals surface area contributed by atoms with Crippen LogP contribution >= 0.6 is 0 Å². The van der Waals surface area contributed by atoms with Gasteiger partial charge in [-0.2, -0.15) is 0 Å². The van der Waals surface area contributed by atoms with Crippen LogP contribution in [0.2, 0.25) is 0 Å². The summed E-state index contributed by atoms with van der Waals surface area (Å²) in [7, 11) is 0. The van der Waals surface area contributed by atoms with Gasteiger partial charge in [-0.15, -0.1) is 0 Å². The standard InChI is InChI=1S/C17H22N2O/c20-16-17(10-11-17)18-15(14-7-2-1-3-8-14)19(16)12-9-13-5-4-6-13/h1-3,7-8,13,15,18H,4-6,9-12H2. The van der Waals surface area contributed by atoms with E-state index >= 15 is 0 Å². The van der Waals surface area contributed by atoms with Gasteiger partial charge in [-0.05, 0) is 30.7 Å². The molecule has 2 saturated carbocycles. The Morgan fingerprint density at radius 1 is 1.20 bits per heavy atom. The summed E-state index contributed by atoms with van der Waals surface area (Å²) >= 11 is 0. The SMILES string of the molecule is O=C1N(CCC2CCC2)C(c2ccccc2)NC12CC2. The van der Waals surface area contributed by atoms with E-state index in [4.69, 9.17) is 0 Å². The van der Waals surface area contributed by atoms with Gasteiger partial charge in [-0.25, -0.2) is 0 Å². The third-order valence-corrected chi connectivity index (χ3v) is 5.26. The zero-order valence-electron chi connectivity index (χ0n) is 11.8. The van der Waals surface area contributed by atoms with E-state index in [2.05, 4.69) is 34.5 Å². The molecule has 1 amide bonds. The van der Waals surface area contributed by atoms with Gasteiger partial charge in [0.05, 0.1) is 0 Å². The molecule has 1 N–H and O–H groups in total. The minimum atomic E-state index is -0.208. The molecule has 1 aromatic carbocycles. The summed E-state index contributed by atoms with van der Waals surface area (Å²) in [5, 5.41) is 3.59. The van der Waals surface area contributed by atoms with Crippen LogP contribution in [0.4, 0.5) is 0 Å². The lowest BCUT2D eigenvalue weighted by atomic mass is 9.83. The predicted molar refractivity (Wildman–Crippen MR) is 78.0 cm³/mol. The second-order valence-corrected chi connectivity index (χ2v) is 6.62. The highest BCUT2D eigenvalue weighted by Gasteiger charge is 2.59. The fourth-order valence-corrected chi connectivity index (χ4v) is 3.51. The molecule has 20 heavy (non-hydrogen) atoms. The van der Waals surface area contributed by atoms with Crippen molar-refractivity contribution in [1.29, 1.82) is 0 Å². The second kappa shape index (κ2) is 4.59. The first kappa shape index (κ1) is 12.4. The summed E-state index contributed by atoms with van der Waals surface area (Å²) in [6, 6.07) is 10.4. The maximum absolute atomic E-state index is 12.7. The molecule has 0 bridgehead atoms. The Morgan fingerprint density at radius 3 is 2.55 bits per heavy atom. The molecule has 2 aliphatic carbocycles. The van der Waals surface area contributed by atoms with Crippen molar-refractivity contribution in [2.75, 3.05) is 6.54 Å². The molecular weight excluding hydrogens is 248 g/mol. The highest BCUT2D eigenvalue weighted by atomic mass is 16.2. The first-order chi connectivity index (χ1) is 9.78. The minimum absolute atomic E-state index is 0.0891. The maximum Gasteiger partial charge on any atom is 0.244 e. The molecule has 3 heteroatoms. The van der Waals surface area contributed by atoms with Gasteiger partial charge in [0.25, 0.3) is 0 Å². The minimum Gasteiger partial charge on any atom is -0.321 e. The highest BCUT2D eigenvalue weighted by molar-refractivity contribution is 5.92. The van der Waals surface area contributed by atoms with Crippen LogP contribution in [0.5, 0.6) is 0 Å². The molecule has 1 heterocycles. The summed E-state index contributed by atoms with van der Waals surface area (Å²) in [6.07, 6.45) is 7.37. The van der Waals surface area contributed by atoms with Crippen LogP contribution in [0.1, 0.15) is 50.3 Å². The van der Waals surface area contributed by atoms with Gasteiger partial charge in [0.1, 0.15) is 11.7 Å². The normalized spacial score (nSPS) is 27.9. The van der Waals surface area contributed by atoms with Gasteiger partial charge in [-0.1, -0.05) is 49.6 Å². The molecular formula is C17H22N2O. The number of hydrogen-bond acceptors (Lipinski definition) is 2. The number of rotatable bonds is 4. The molecule has 3 fully saturated rings. The molecule has 0 aromatic heterocycles. The smallest absolute Gasteiger partial charge is 0.244 e. The summed E-state index contributed by atoms with van der Waals surface area (Å²) < 4.78 is 0. The van der Waals surface area contributed by atoms with E-state index < -0.39 is 0 Å². The summed E-state index contributed by atoms with van der Waals surface area (Å²) in [4.78, 5) is 14.8. The summed E-state index contributed by atoms with van der Waals surface area (Å²) in [5.41, 5.74) is 1.01. The molecule has 1 atom stereocenters. The van der Waals surface area contributed by atoms with Crippen molar-refractivity contribution >= 4 is 5.91 Å². The largest absolute Gasteiger partial charge is 0.321 e. The zero-order valence-corrected chi connectivity index (χ0v) is 11.8. The van der Waals surface area contributed by atoms with Crippen LogP contribution in [-0.4, -0.2) is 22.9 Å². The molecule has 1 aliphatic heterocycles. The average molecular weight is 270 g/mol. The van der Waals surface area contributed by atoms with E-state index in [-0.39, 0.29) is 11.7 Å². The van der Waals surface area contributed by atoms with Gasteiger partial charge in [0.2, 0.25) is 5.91 Å². The monoisotopic (exact) mass is 270 g/mol. The Labute approximate surface area is 120 Å². The van der Waals surface area contributed by atoms with Crippen LogP contribution in [0, 0.1) is 5.92 Å². The molecule has 1 spiro atoms. The second-order valence-electron chi connectivity index (χ2n) is 6.62. The first-order valence-electron chi connectivity index (χ1n) is 7.92. The Morgan fingerprint density at radius 2 is 1.95 bits per heavy atom. The molecule has 106 valence electrons. The molecule has 0 radical (unpaired) electrons. The first-order valence-corrected chi connectivity index (χ1v) is 7.92. The summed E-state index contributed by atoms with van der Waals surface area (Å²) in [6.45, 7) is 0.914. The van der Waals surface area contributed by atoms with E-state index in [0.29, 0.717) is 5.91 Å². The third-order valence-electron chi connectivity index (χ3n) is 5.26. The van der Waals surface area contributed by atoms with Crippen molar-refractivity contribution < 1.29 is 4.79 Å². The van der Waals surface area contributed by atoms with Crippen LogP contribution in [0.15, 0.2) is 30.3 Å². The van der Waals surface area contributed by atoms with E-state index in [1.54, 1.807) is 0 Å². The third kappa shape index (κ3) is 1.96.